The minimum atomic E-state index is -1.18. The van der Waals surface area contributed by atoms with Crippen LogP contribution < -0.4 is 0 Å². The molecule has 0 unspecified atom stereocenters. The molecule has 1 fully saturated rings. The lowest BCUT2D eigenvalue weighted by molar-refractivity contribution is 0.250. The van der Waals surface area contributed by atoms with Gasteiger partial charge in [0, 0.05) is 17.2 Å². The highest BCUT2D eigenvalue weighted by Gasteiger charge is 2.61. The number of epoxide rings is 1. The molecule has 0 radical (unpaired) electrons. The summed E-state index contributed by atoms with van der Waals surface area (Å²) in [4.78, 5) is 4.12. The van der Waals surface area contributed by atoms with Gasteiger partial charge in [-0.05, 0) is 18.4 Å². The molecule has 8 heteroatoms. The summed E-state index contributed by atoms with van der Waals surface area (Å²) in [7, 11) is 0. The minimum absolute atomic E-state index is 0.130. The Bertz CT molecular complexity index is 964. The molecular weight excluding hydrogens is 363 g/mol. The van der Waals surface area contributed by atoms with Crippen LogP contribution in [-0.2, 0) is 16.9 Å². The molecule has 0 N–H and O–H groups in total. The number of aromatic nitrogens is 3. The normalized spacial score (nSPS) is 21.8. The first-order valence-corrected chi connectivity index (χ1v) is 9.07. The van der Waals surface area contributed by atoms with Gasteiger partial charge >= 0.3 is 0 Å². The number of nitrogens with zero attached hydrogens (tertiary/aromatic N) is 3. The highest BCUT2D eigenvalue weighted by Crippen LogP contribution is 2.59. The predicted molar refractivity (Wildman–Crippen MR) is 90.1 cm³/mol. The number of hydrogen-bond donors (Lipinski definition) is 0. The Kier molecular flexibility index (Phi) is 4.24. The van der Waals surface area contributed by atoms with Gasteiger partial charge in [0.1, 0.15) is 35.5 Å². The third-order valence-corrected chi connectivity index (χ3v) is 5.10. The zero-order valence-corrected chi connectivity index (χ0v) is 14.5. The van der Waals surface area contributed by atoms with Gasteiger partial charge in [-0.2, -0.15) is 5.10 Å². The van der Waals surface area contributed by atoms with E-state index in [0.29, 0.717) is 10.7 Å². The van der Waals surface area contributed by atoms with Gasteiger partial charge in [-0.3, -0.25) is 0 Å². The van der Waals surface area contributed by atoms with Gasteiger partial charge in [0.25, 0.3) is 0 Å². The van der Waals surface area contributed by atoms with Gasteiger partial charge in [0.05, 0.1) is 6.54 Å². The highest BCUT2D eigenvalue weighted by atomic mass is 32.2. The molecule has 4 nitrogen and oxygen atoms in total. The smallest absolute Gasteiger partial charge is 0.185 e. The first kappa shape index (κ1) is 17.1. The van der Waals surface area contributed by atoms with Crippen LogP contribution in [0.5, 0.6) is 0 Å². The molecule has 2 aromatic carbocycles. The second kappa shape index (κ2) is 6.44. The van der Waals surface area contributed by atoms with Crippen molar-refractivity contribution in [2.24, 2.45) is 0 Å². The van der Waals surface area contributed by atoms with Crippen molar-refractivity contribution in [3.8, 4) is 0 Å². The maximum Gasteiger partial charge on any atom is 0.185 e. The summed E-state index contributed by atoms with van der Waals surface area (Å²) in [5.41, 5.74) is -0.699. The summed E-state index contributed by atoms with van der Waals surface area (Å²) in [6, 6.07) is 9.48. The molecule has 0 spiro atoms. The van der Waals surface area contributed by atoms with Crippen molar-refractivity contribution >= 4 is 11.8 Å². The van der Waals surface area contributed by atoms with Crippen LogP contribution >= 0.6 is 11.8 Å². The average molecular weight is 377 g/mol. The van der Waals surface area contributed by atoms with Crippen LogP contribution in [0.25, 0.3) is 0 Å². The Balaban J connectivity index is 1.80. The van der Waals surface area contributed by atoms with Crippen molar-refractivity contribution in [3.05, 3.63) is 77.4 Å². The Morgan fingerprint density at radius 1 is 1.15 bits per heavy atom. The molecule has 2 atom stereocenters. The lowest BCUT2D eigenvalue weighted by Crippen LogP contribution is -2.22. The van der Waals surface area contributed by atoms with Crippen molar-refractivity contribution in [3.63, 3.8) is 0 Å². The van der Waals surface area contributed by atoms with Crippen LogP contribution in [0.1, 0.15) is 17.2 Å². The fourth-order valence-corrected chi connectivity index (χ4v) is 3.64. The Labute approximate surface area is 152 Å². The molecule has 1 aliphatic rings. The molecular formula is C18H14F3N3OS. The zero-order valence-electron chi connectivity index (χ0n) is 13.7. The lowest BCUT2D eigenvalue weighted by Gasteiger charge is -2.16. The van der Waals surface area contributed by atoms with Gasteiger partial charge in [0.2, 0.25) is 0 Å². The topological polar surface area (TPSA) is 43.2 Å². The molecule has 134 valence electrons. The van der Waals surface area contributed by atoms with Crippen LogP contribution in [0.4, 0.5) is 13.2 Å². The second-order valence-corrected chi connectivity index (χ2v) is 6.71. The van der Waals surface area contributed by atoms with E-state index < -0.39 is 29.2 Å². The van der Waals surface area contributed by atoms with Crippen molar-refractivity contribution in [1.29, 1.82) is 0 Å². The molecule has 0 saturated carbocycles. The zero-order chi connectivity index (χ0) is 18.3. The second-order valence-electron chi connectivity index (χ2n) is 5.94. The van der Waals surface area contributed by atoms with E-state index in [0.717, 1.165) is 12.1 Å². The first-order chi connectivity index (χ1) is 12.5. The van der Waals surface area contributed by atoms with E-state index in [2.05, 4.69) is 10.1 Å². The predicted octanol–water partition coefficient (Wildman–Crippen LogP) is 4.08. The van der Waals surface area contributed by atoms with E-state index in [1.165, 1.54) is 30.2 Å². The molecule has 1 aliphatic heterocycles. The van der Waals surface area contributed by atoms with Crippen LogP contribution in [0, 0.1) is 17.5 Å². The molecule has 26 heavy (non-hydrogen) atoms. The van der Waals surface area contributed by atoms with E-state index in [1.54, 1.807) is 22.9 Å². The molecule has 1 saturated heterocycles. The van der Waals surface area contributed by atoms with E-state index in [9.17, 15) is 13.2 Å². The van der Waals surface area contributed by atoms with Crippen LogP contribution in [-0.4, -0.2) is 21.0 Å². The van der Waals surface area contributed by atoms with E-state index >= 15 is 0 Å². The molecule has 0 amide bonds. The Hall–Kier alpha value is -2.32. The number of rotatable bonds is 5. The maximum atomic E-state index is 14.5. The Morgan fingerprint density at radius 2 is 1.96 bits per heavy atom. The maximum absolute atomic E-state index is 14.5. The first-order valence-electron chi connectivity index (χ1n) is 7.85. The largest absolute Gasteiger partial charge is 0.354 e. The third kappa shape index (κ3) is 2.79. The molecule has 0 aliphatic carbocycles. The van der Waals surface area contributed by atoms with Crippen LogP contribution in [0.15, 0.2) is 53.9 Å². The molecule has 4 rings (SSSR count). The van der Waals surface area contributed by atoms with Crippen molar-refractivity contribution in [1.82, 2.24) is 14.8 Å². The fourth-order valence-electron chi connectivity index (χ4n) is 3.16. The average Bonchev–Trinajstić information content (AvgIpc) is 3.14. The van der Waals surface area contributed by atoms with E-state index in [1.807, 2.05) is 6.26 Å². The van der Waals surface area contributed by atoms with Gasteiger partial charge in [-0.1, -0.05) is 36.0 Å². The molecule has 3 aromatic rings. The summed E-state index contributed by atoms with van der Waals surface area (Å²) in [6.45, 7) is 0.130. The summed E-state index contributed by atoms with van der Waals surface area (Å²) >= 11 is 1.38. The van der Waals surface area contributed by atoms with Gasteiger partial charge < -0.3 is 4.74 Å². The number of halogens is 3. The fraction of sp³-hybridized carbons (Fsp3) is 0.222. The van der Waals surface area contributed by atoms with E-state index in [-0.39, 0.29) is 12.1 Å². The van der Waals surface area contributed by atoms with Gasteiger partial charge in [-0.25, -0.2) is 22.8 Å². The SMILES string of the molecule is CSc1ncnn1C[C@]1(c2ccc(F)cc2F)O[C@@H]1c1ccccc1F. The number of thioether (sulfide) groups is 1. The van der Waals surface area contributed by atoms with Crippen molar-refractivity contribution in [2.45, 2.75) is 23.4 Å². The van der Waals surface area contributed by atoms with Crippen molar-refractivity contribution in [2.75, 3.05) is 6.26 Å². The summed E-state index contributed by atoms with van der Waals surface area (Å²) < 4.78 is 49.6. The quantitative estimate of drug-likeness (QED) is 0.496. The van der Waals surface area contributed by atoms with Crippen LogP contribution in [0.3, 0.4) is 0 Å². The summed E-state index contributed by atoms with van der Waals surface area (Å²) in [5, 5.41) is 4.77. The monoisotopic (exact) mass is 377 g/mol. The molecule has 0 bridgehead atoms. The summed E-state index contributed by atoms with van der Waals surface area (Å²) in [5.74, 6) is -1.87. The van der Waals surface area contributed by atoms with Crippen molar-refractivity contribution < 1.29 is 17.9 Å². The molecule has 1 aromatic heterocycles. The number of hydrogen-bond acceptors (Lipinski definition) is 4. The third-order valence-electron chi connectivity index (χ3n) is 4.42. The Morgan fingerprint density at radius 3 is 2.69 bits per heavy atom. The van der Waals surface area contributed by atoms with Crippen LogP contribution in [0.2, 0.25) is 0 Å². The number of ether oxygens (including phenoxy) is 1. The van der Waals surface area contributed by atoms with Gasteiger partial charge in [0.15, 0.2) is 5.16 Å². The molecule has 2 heterocycles. The standard InChI is InChI=1S/C18H14F3N3OS/c1-26-17-22-10-23-24(17)9-18(13-7-6-11(19)8-15(13)21)16(25-18)12-4-2-3-5-14(12)20/h2-8,10,16H,9H2,1H3/t16-,18-/m1/s1. The van der Waals surface area contributed by atoms with E-state index in [4.69, 9.17) is 4.74 Å². The summed E-state index contributed by atoms with van der Waals surface area (Å²) in [6.07, 6.45) is 2.53. The number of benzene rings is 2. The lowest BCUT2D eigenvalue weighted by atomic mass is 9.91. The van der Waals surface area contributed by atoms with Gasteiger partial charge in [-0.15, -0.1) is 0 Å². The highest BCUT2D eigenvalue weighted by molar-refractivity contribution is 7.98. The minimum Gasteiger partial charge on any atom is -0.354 e.